The number of carboxylic acid groups (broad SMARTS) is 1. The van der Waals surface area contributed by atoms with E-state index in [2.05, 4.69) is 10.0 Å². The van der Waals surface area contributed by atoms with Crippen molar-refractivity contribution in [3.63, 3.8) is 0 Å². The van der Waals surface area contributed by atoms with Crippen molar-refractivity contribution in [1.29, 1.82) is 0 Å². The summed E-state index contributed by atoms with van der Waals surface area (Å²) in [6.45, 7) is 10.2. The highest BCUT2D eigenvalue weighted by Gasteiger charge is 2.24. The van der Waals surface area contributed by atoms with Gasteiger partial charge in [0.2, 0.25) is 5.91 Å². The number of hydrogen-bond donors (Lipinski definition) is 3. The Morgan fingerprint density at radius 3 is 2.26 bits per heavy atom. The number of sulfonamides is 1. The molecule has 1 heterocycles. The zero-order chi connectivity index (χ0) is 25.0. The van der Waals surface area contributed by atoms with Crippen LogP contribution in [0.3, 0.4) is 0 Å². The van der Waals surface area contributed by atoms with Crippen LogP contribution in [0.15, 0.2) is 41.3 Å². The number of anilines is 2. The molecule has 34 heavy (non-hydrogen) atoms. The maximum atomic E-state index is 12.8. The van der Waals surface area contributed by atoms with Gasteiger partial charge in [0.15, 0.2) is 0 Å². The Balaban J connectivity index is 1.73. The lowest BCUT2D eigenvalue weighted by Crippen LogP contribution is -2.50. The van der Waals surface area contributed by atoms with Gasteiger partial charge in [-0.1, -0.05) is 6.07 Å². The molecule has 184 valence electrons. The van der Waals surface area contributed by atoms with Crippen LogP contribution in [-0.4, -0.2) is 69.1 Å². The van der Waals surface area contributed by atoms with E-state index in [4.69, 9.17) is 0 Å². The van der Waals surface area contributed by atoms with Crippen molar-refractivity contribution in [2.45, 2.75) is 38.6 Å². The molecule has 0 spiro atoms. The molecule has 0 unspecified atom stereocenters. The van der Waals surface area contributed by atoms with Gasteiger partial charge in [-0.2, -0.15) is 0 Å². The zero-order valence-electron chi connectivity index (χ0n) is 20.0. The number of aryl methyl sites for hydroxylation is 2. The first-order valence-corrected chi connectivity index (χ1v) is 12.7. The minimum absolute atomic E-state index is 0.0197. The number of hydrogen-bond acceptors (Lipinski definition) is 6. The molecule has 3 rings (SSSR count). The lowest BCUT2D eigenvalue weighted by atomic mass is 10.1. The van der Waals surface area contributed by atoms with Gasteiger partial charge in [0, 0.05) is 37.9 Å². The van der Waals surface area contributed by atoms with E-state index in [0.29, 0.717) is 38.4 Å². The Labute approximate surface area is 200 Å². The van der Waals surface area contributed by atoms with E-state index in [1.807, 2.05) is 37.5 Å². The van der Waals surface area contributed by atoms with Gasteiger partial charge in [-0.3, -0.25) is 14.4 Å². The van der Waals surface area contributed by atoms with Crippen LogP contribution < -0.4 is 14.9 Å². The van der Waals surface area contributed by atoms with Crippen LogP contribution >= 0.6 is 0 Å². The zero-order valence-corrected chi connectivity index (χ0v) is 20.8. The van der Waals surface area contributed by atoms with Crippen molar-refractivity contribution < 1.29 is 23.1 Å². The van der Waals surface area contributed by atoms with E-state index in [9.17, 15) is 23.1 Å². The number of carboxylic acids is 1. The number of carbonyl (C=O) groups excluding carboxylic acids is 1. The molecule has 2 aromatic rings. The molecule has 3 N–H and O–H groups in total. The highest BCUT2D eigenvalue weighted by molar-refractivity contribution is 7.92. The van der Waals surface area contributed by atoms with Gasteiger partial charge in [-0.25, -0.2) is 13.2 Å². The molecule has 0 bridgehead atoms. The van der Waals surface area contributed by atoms with Crippen LogP contribution in [0.4, 0.5) is 11.4 Å². The minimum Gasteiger partial charge on any atom is -0.478 e. The summed E-state index contributed by atoms with van der Waals surface area (Å²) in [4.78, 5) is 28.1. The molecule has 0 radical (unpaired) electrons. The second-order valence-electron chi connectivity index (χ2n) is 8.87. The van der Waals surface area contributed by atoms with Crippen LogP contribution in [0.1, 0.15) is 35.3 Å². The predicted molar refractivity (Wildman–Crippen MR) is 132 cm³/mol. The molecule has 1 fully saturated rings. The smallest absolute Gasteiger partial charge is 0.337 e. The first-order valence-electron chi connectivity index (χ1n) is 11.2. The molecule has 0 aliphatic carbocycles. The van der Waals surface area contributed by atoms with Crippen molar-refractivity contribution in [3.05, 3.63) is 53.1 Å². The molecule has 9 nitrogen and oxygen atoms in total. The quantitative estimate of drug-likeness (QED) is 0.522. The lowest BCUT2D eigenvalue weighted by molar-refractivity contribution is -0.122. The molecule has 1 aliphatic rings. The van der Waals surface area contributed by atoms with Crippen LogP contribution in [0.25, 0.3) is 0 Å². The van der Waals surface area contributed by atoms with Gasteiger partial charge < -0.3 is 15.3 Å². The van der Waals surface area contributed by atoms with E-state index < -0.39 is 16.0 Å². The third-order valence-corrected chi connectivity index (χ3v) is 7.18. The fraction of sp³-hybridized carbons (Fsp3) is 0.417. The van der Waals surface area contributed by atoms with Crippen LogP contribution in [-0.2, 0) is 14.8 Å². The number of piperazine rings is 1. The van der Waals surface area contributed by atoms with Gasteiger partial charge in [0.25, 0.3) is 10.0 Å². The van der Waals surface area contributed by atoms with E-state index in [0.717, 1.165) is 11.1 Å². The van der Waals surface area contributed by atoms with Crippen molar-refractivity contribution in [1.82, 2.24) is 10.2 Å². The van der Waals surface area contributed by atoms with Crippen molar-refractivity contribution >= 4 is 33.3 Å². The standard InChI is InChI=1S/C24H32N4O5S/c1-16(2)25-23(29)15-27-9-11-28(12-10-27)22-8-6-19(14-21(22)24(30)31)26-34(32,33)20-7-5-17(3)18(4)13-20/h5-8,13-14,16,26H,9-12,15H2,1-4H3,(H,25,29)(H,30,31). The molecule has 1 amide bonds. The SMILES string of the molecule is Cc1ccc(S(=O)(=O)Nc2ccc(N3CCN(CC(=O)NC(C)C)CC3)c(C(=O)O)c2)cc1C. The summed E-state index contributed by atoms with van der Waals surface area (Å²) >= 11 is 0. The van der Waals surface area contributed by atoms with E-state index in [-0.39, 0.29) is 28.1 Å². The normalized spacial score (nSPS) is 14.8. The first kappa shape index (κ1) is 25.5. The number of aromatic carboxylic acids is 1. The summed E-state index contributed by atoms with van der Waals surface area (Å²) in [7, 11) is -3.86. The molecule has 1 aliphatic heterocycles. The third-order valence-electron chi connectivity index (χ3n) is 5.80. The Morgan fingerprint density at radius 2 is 1.68 bits per heavy atom. The molecule has 0 aromatic heterocycles. The number of nitrogens with zero attached hydrogens (tertiary/aromatic N) is 2. The molecule has 2 aromatic carbocycles. The number of carbonyl (C=O) groups is 2. The Kier molecular flexibility index (Phi) is 7.83. The van der Waals surface area contributed by atoms with Crippen molar-refractivity contribution in [3.8, 4) is 0 Å². The fourth-order valence-electron chi connectivity index (χ4n) is 3.86. The van der Waals surface area contributed by atoms with Crippen LogP contribution in [0.2, 0.25) is 0 Å². The number of amides is 1. The van der Waals surface area contributed by atoms with E-state index >= 15 is 0 Å². The first-order chi connectivity index (χ1) is 16.0. The summed E-state index contributed by atoms with van der Waals surface area (Å²) in [5, 5.41) is 12.7. The molecule has 1 saturated heterocycles. The molecule has 10 heteroatoms. The second-order valence-corrected chi connectivity index (χ2v) is 10.6. The number of rotatable bonds is 8. The summed E-state index contributed by atoms with van der Waals surface area (Å²) < 4.78 is 28.1. The fourth-order valence-corrected chi connectivity index (χ4v) is 4.99. The summed E-state index contributed by atoms with van der Waals surface area (Å²) in [6, 6.07) is 9.48. The molecule has 0 atom stereocenters. The van der Waals surface area contributed by atoms with Crippen LogP contribution in [0.5, 0.6) is 0 Å². The monoisotopic (exact) mass is 488 g/mol. The van der Waals surface area contributed by atoms with Gasteiger partial charge in [0.1, 0.15) is 0 Å². The minimum atomic E-state index is -3.86. The maximum Gasteiger partial charge on any atom is 0.337 e. The van der Waals surface area contributed by atoms with E-state index in [1.54, 1.807) is 24.3 Å². The number of benzene rings is 2. The number of nitrogens with one attached hydrogen (secondary N) is 2. The van der Waals surface area contributed by atoms with Crippen molar-refractivity contribution in [2.24, 2.45) is 0 Å². The predicted octanol–water partition coefficient (Wildman–Crippen LogP) is 2.45. The van der Waals surface area contributed by atoms with Crippen molar-refractivity contribution in [2.75, 3.05) is 42.3 Å². The summed E-state index contributed by atoms with van der Waals surface area (Å²) in [5.41, 5.74) is 2.56. The molecular weight excluding hydrogens is 456 g/mol. The highest BCUT2D eigenvalue weighted by Crippen LogP contribution is 2.27. The van der Waals surface area contributed by atoms with Gasteiger partial charge in [0.05, 0.1) is 22.7 Å². The highest BCUT2D eigenvalue weighted by atomic mass is 32.2. The Hall–Kier alpha value is -3.11. The van der Waals surface area contributed by atoms with E-state index in [1.165, 1.54) is 12.1 Å². The summed E-state index contributed by atoms with van der Waals surface area (Å²) in [6.07, 6.45) is 0. The Bertz CT molecular complexity index is 1170. The molecular formula is C24H32N4O5S. The van der Waals surface area contributed by atoms with Crippen LogP contribution in [0, 0.1) is 13.8 Å². The van der Waals surface area contributed by atoms with Gasteiger partial charge in [-0.15, -0.1) is 0 Å². The van der Waals surface area contributed by atoms with Gasteiger partial charge in [-0.05, 0) is 69.2 Å². The lowest BCUT2D eigenvalue weighted by Gasteiger charge is -2.36. The third kappa shape index (κ3) is 6.27. The summed E-state index contributed by atoms with van der Waals surface area (Å²) in [5.74, 6) is -1.17. The second kappa shape index (κ2) is 10.4. The average Bonchev–Trinajstić information content (AvgIpc) is 2.75. The topological polar surface area (TPSA) is 119 Å². The molecule has 0 saturated carbocycles. The van der Waals surface area contributed by atoms with Gasteiger partial charge >= 0.3 is 5.97 Å². The maximum absolute atomic E-state index is 12.8. The Morgan fingerprint density at radius 1 is 1.00 bits per heavy atom. The largest absolute Gasteiger partial charge is 0.478 e. The average molecular weight is 489 g/mol.